The van der Waals surface area contributed by atoms with Crippen LogP contribution in [0.4, 0.5) is 0 Å². The summed E-state index contributed by atoms with van der Waals surface area (Å²) in [6.45, 7) is 5.47. The summed E-state index contributed by atoms with van der Waals surface area (Å²) in [6.07, 6.45) is 1.96. The third-order valence-corrected chi connectivity index (χ3v) is 3.73. The van der Waals surface area contributed by atoms with E-state index in [1.54, 1.807) is 7.11 Å². The number of aryl methyl sites for hydroxylation is 1. The molecule has 19 heavy (non-hydrogen) atoms. The summed E-state index contributed by atoms with van der Waals surface area (Å²) in [7, 11) is 1.68. The monoisotopic (exact) mass is 280 g/mol. The summed E-state index contributed by atoms with van der Waals surface area (Å²) in [5.74, 6) is 3.14. The van der Waals surface area contributed by atoms with Gasteiger partial charge in [-0.3, -0.25) is 0 Å². The maximum Gasteiger partial charge on any atom is 0.121 e. The predicted octanol–water partition coefficient (Wildman–Crippen LogP) is 3.87. The van der Waals surface area contributed by atoms with Crippen molar-refractivity contribution in [3.8, 4) is 5.75 Å². The fraction of sp³-hybridized carbons (Fsp3) is 0.533. The third kappa shape index (κ3) is 3.03. The molecule has 0 saturated carbocycles. The van der Waals surface area contributed by atoms with Crippen LogP contribution in [0.15, 0.2) is 18.2 Å². The number of imidazole rings is 1. The van der Waals surface area contributed by atoms with Crippen molar-refractivity contribution in [1.82, 2.24) is 9.55 Å². The van der Waals surface area contributed by atoms with E-state index >= 15 is 0 Å². The Hall–Kier alpha value is -1.22. The van der Waals surface area contributed by atoms with E-state index in [2.05, 4.69) is 24.5 Å². The molecule has 0 aliphatic carbocycles. The Morgan fingerprint density at radius 3 is 2.84 bits per heavy atom. The van der Waals surface area contributed by atoms with Crippen molar-refractivity contribution in [2.45, 2.75) is 33.2 Å². The molecule has 1 aromatic heterocycles. The molecular formula is C15H21ClN2O. The molecule has 0 bridgehead atoms. The first-order valence-corrected chi connectivity index (χ1v) is 7.32. The third-order valence-electron chi connectivity index (χ3n) is 3.54. The molecule has 0 aliphatic heterocycles. The van der Waals surface area contributed by atoms with E-state index in [9.17, 15) is 0 Å². The number of hydrogen-bond acceptors (Lipinski definition) is 2. The SMILES string of the molecule is CCC(C)Cn1c(CCCl)nc2cc(OC)ccc21. The van der Waals surface area contributed by atoms with Gasteiger partial charge in [-0.1, -0.05) is 20.3 Å². The van der Waals surface area contributed by atoms with Crippen LogP contribution in [0.2, 0.25) is 0 Å². The van der Waals surface area contributed by atoms with Crippen LogP contribution < -0.4 is 4.74 Å². The molecular weight excluding hydrogens is 260 g/mol. The first-order chi connectivity index (χ1) is 9.19. The lowest BCUT2D eigenvalue weighted by Crippen LogP contribution is -2.10. The molecule has 0 saturated heterocycles. The number of alkyl halides is 1. The van der Waals surface area contributed by atoms with E-state index in [4.69, 9.17) is 21.3 Å². The second-order valence-electron chi connectivity index (χ2n) is 4.95. The summed E-state index contributed by atoms with van der Waals surface area (Å²) in [6, 6.07) is 6.06. The van der Waals surface area contributed by atoms with Gasteiger partial charge in [0.15, 0.2) is 0 Å². The van der Waals surface area contributed by atoms with Crippen molar-refractivity contribution in [3.05, 3.63) is 24.0 Å². The Morgan fingerprint density at radius 2 is 2.21 bits per heavy atom. The molecule has 0 spiro atoms. The first-order valence-electron chi connectivity index (χ1n) is 6.78. The molecule has 0 aliphatic rings. The molecule has 4 heteroatoms. The van der Waals surface area contributed by atoms with Gasteiger partial charge in [-0.2, -0.15) is 0 Å². The Morgan fingerprint density at radius 1 is 1.42 bits per heavy atom. The van der Waals surface area contributed by atoms with E-state index < -0.39 is 0 Å². The quantitative estimate of drug-likeness (QED) is 0.751. The number of aromatic nitrogens is 2. The standard InChI is InChI=1S/C15H21ClN2O/c1-4-11(2)10-18-14-6-5-12(19-3)9-13(14)17-15(18)7-8-16/h5-6,9,11H,4,7-8,10H2,1-3H3. The number of hydrogen-bond donors (Lipinski definition) is 0. The number of nitrogens with zero attached hydrogens (tertiary/aromatic N) is 2. The molecule has 0 radical (unpaired) electrons. The summed E-state index contributed by atoms with van der Waals surface area (Å²) >= 11 is 5.89. The number of rotatable bonds is 6. The minimum Gasteiger partial charge on any atom is -0.497 e. The van der Waals surface area contributed by atoms with Gasteiger partial charge in [-0.05, 0) is 18.1 Å². The van der Waals surface area contributed by atoms with Crippen molar-refractivity contribution in [2.75, 3.05) is 13.0 Å². The molecule has 0 fully saturated rings. The fourth-order valence-corrected chi connectivity index (χ4v) is 2.38. The Balaban J connectivity index is 2.47. The average Bonchev–Trinajstić information content (AvgIpc) is 2.76. The highest BCUT2D eigenvalue weighted by Crippen LogP contribution is 2.23. The highest BCUT2D eigenvalue weighted by molar-refractivity contribution is 6.17. The normalized spacial score (nSPS) is 12.8. The van der Waals surface area contributed by atoms with Crippen LogP contribution in [0.1, 0.15) is 26.1 Å². The van der Waals surface area contributed by atoms with Gasteiger partial charge in [0.2, 0.25) is 0 Å². The molecule has 1 aromatic carbocycles. The van der Waals surface area contributed by atoms with Crippen LogP contribution in [0.3, 0.4) is 0 Å². The van der Waals surface area contributed by atoms with E-state index in [1.165, 1.54) is 5.52 Å². The molecule has 1 unspecified atom stereocenters. The van der Waals surface area contributed by atoms with Crippen molar-refractivity contribution < 1.29 is 4.74 Å². The van der Waals surface area contributed by atoms with Crippen LogP contribution in [0.5, 0.6) is 5.75 Å². The van der Waals surface area contributed by atoms with Gasteiger partial charge in [0.1, 0.15) is 11.6 Å². The number of methoxy groups -OCH3 is 1. The molecule has 0 amide bonds. The minimum absolute atomic E-state index is 0.598. The Kier molecular flexibility index (Phi) is 4.70. The van der Waals surface area contributed by atoms with Gasteiger partial charge >= 0.3 is 0 Å². The highest BCUT2D eigenvalue weighted by atomic mass is 35.5. The maximum absolute atomic E-state index is 5.89. The smallest absolute Gasteiger partial charge is 0.121 e. The summed E-state index contributed by atoms with van der Waals surface area (Å²) in [4.78, 5) is 4.70. The molecule has 2 rings (SSSR count). The van der Waals surface area contributed by atoms with Crippen molar-refractivity contribution >= 4 is 22.6 Å². The zero-order valence-electron chi connectivity index (χ0n) is 11.8. The molecule has 3 nitrogen and oxygen atoms in total. The molecule has 104 valence electrons. The highest BCUT2D eigenvalue weighted by Gasteiger charge is 2.13. The minimum atomic E-state index is 0.598. The van der Waals surface area contributed by atoms with Crippen LogP contribution >= 0.6 is 11.6 Å². The Bertz CT molecular complexity index is 550. The van der Waals surface area contributed by atoms with Gasteiger partial charge in [-0.25, -0.2) is 4.98 Å². The van der Waals surface area contributed by atoms with Gasteiger partial charge in [0, 0.05) is 24.9 Å². The van der Waals surface area contributed by atoms with Gasteiger partial charge in [-0.15, -0.1) is 11.6 Å². The maximum atomic E-state index is 5.89. The summed E-state index contributed by atoms with van der Waals surface area (Å²) < 4.78 is 7.56. The molecule has 1 atom stereocenters. The summed E-state index contributed by atoms with van der Waals surface area (Å²) in [5, 5.41) is 0. The van der Waals surface area contributed by atoms with E-state index in [1.807, 2.05) is 12.1 Å². The van der Waals surface area contributed by atoms with Gasteiger partial charge < -0.3 is 9.30 Å². The van der Waals surface area contributed by atoms with Gasteiger partial charge in [0.05, 0.1) is 18.1 Å². The molecule has 0 N–H and O–H groups in total. The number of benzene rings is 1. The lowest BCUT2D eigenvalue weighted by Gasteiger charge is -2.13. The second kappa shape index (κ2) is 6.29. The average molecular weight is 281 g/mol. The number of halogens is 1. The van der Waals surface area contributed by atoms with E-state index in [0.717, 1.165) is 36.5 Å². The largest absolute Gasteiger partial charge is 0.497 e. The van der Waals surface area contributed by atoms with Crippen LogP contribution in [-0.4, -0.2) is 22.5 Å². The van der Waals surface area contributed by atoms with Crippen LogP contribution in [0.25, 0.3) is 11.0 Å². The fourth-order valence-electron chi connectivity index (χ4n) is 2.21. The predicted molar refractivity (Wildman–Crippen MR) is 80.2 cm³/mol. The summed E-state index contributed by atoms with van der Waals surface area (Å²) in [5.41, 5.74) is 2.16. The zero-order chi connectivity index (χ0) is 13.8. The van der Waals surface area contributed by atoms with Crippen molar-refractivity contribution in [1.29, 1.82) is 0 Å². The molecule has 2 aromatic rings. The van der Waals surface area contributed by atoms with Crippen molar-refractivity contribution in [3.63, 3.8) is 0 Å². The van der Waals surface area contributed by atoms with Crippen LogP contribution in [-0.2, 0) is 13.0 Å². The lowest BCUT2D eigenvalue weighted by atomic mass is 10.1. The topological polar surface area (TPSA) is 27.1 Å². The lowest BCUT2D eigenvalue weighted by molar-refractivity contribution is 0.415. The van der Waals surface area contributed by atoms with Crippen molar-refractivity contribution in [2.24, 2.45) is 5.92 Å². The van der Waals surface area contributed by atoms with E-state index in [-0.39, 0.29) is 0 Å². The first kappa shape index (κ1) is 14.2. The number of ether oxygens (including phenoxy) is 1. The van der Waals surface area contributed by atoms with Gasteiger partial charge in [0.25, 0.3) is 0 Å². The molecule has 1 heterocycles. The second-order valence-corrected chi connectivity index (χ2v) is 5.32. The zero-order valence-corrected chi connectivity index (χ0v) is 12.6. The van der Waals surface area contributed by atoms with Crippen LogP contribution in [0, 0.1) is 5.92 Å². The number of fused-ring (bicyclic) bond motifs is 1. The van der Waals surface area contributed by atoms with E-state index in [0.29, 0.717) is 11.8 Å². The Labute approximate surface area is 119 Å².